The van der Waals surface area contributed by atoms with Gasteiger partial charge in [-0.25, -0.2) is 0 Å². The van der Waals surface area contributed by atoms with Gasteiger partial charge in [-0.1, -0.05) is 0 Å². The van der Waals surface area contributed by atoms with E-state index in [-0.39, 0.29) is 24.5 Å². The van der Waals surface area contributed by atoms with Crippen LogP contribution in [0.5, 0.6) is 11.5 Å². The fourth-order valence-corrected chi connectivity index (χ4v) is 6.47. The van der Waals surface area contributed by atoms with Crippen LogP contribution in [0.1, 0.15) is 61.7 Å². The Kier molecular flexibility index (Phi) is 4.56. The summed E-state index contributed by atoms with van der Waals surface area (Å²) in [6.07, 6.45) is 8.58. The van der Waals surface area contributed by atoms with Gasteiger partial charge in [-0.3, -0.25) is 9.59 Å². The molecule has 28 heavy (non-hydrogen) atoms. The van der Waals surface area contributed by atoms with Crippen LogP contribution in [0.4, 0.5) is 0 Å². The monoisotopic (exact) mass is 383 g/mol. The molecule has 6 rings (SSSR count). The second-order valence-electron chi connectivity index (χ2n) is 9.48. The molecule has 5 heteroatoms. The third kappa shape index (κ3) is 3.51. The maximum absolute atomic E-state index is 12.5. The first-order valence-corrected chi connectivity index (χ1v) is 10.8. The SMILES string of the molecule is O=C(CCC(=O)c1ccc2c(c1)OCCO2)NCC12CC3CC(CC(C3)C1)C2. The molecule has 1 aromatic carbocycles. The lowest BCUT2D eigenvalue weighted by atomic mass is 9.49. The number of Topliss-reactive ketones (excluding diaryl/α,β-unsaturated/α-hetero) is 1. The summed E-state index contributed by atoms with van der Waals surface area (Å²) in [6, 6.07) is 5.25. The molecular formula is C23H29NO4. The Morgan fingerprint density at radius 3 is 2.25 bits per heavy atom. The van der Waals surface area contributed by atoms with E-state index in [1.165, 1.54) is 38.5 Å². The number of hydrogen-bond donors (Lipinski definition) is 1. The van der Waals surface area contributed by atoms with Crippen LogP contribution >= 0.6 is 0 Å². The summed E-state index contributed by atoms with van der Waals surface area (Å²) in [5, 5.41) is 3.16. The van der Waals surface area contributed by atoms with E-state index in [1.54, 1.807) is 18.2 Å². The van der Waals surface area contributed by atoms with E-state index in [0.29, 0.717) is 35.7 Å². The number of rotatable bonds is 6. The average molecular weight is 383 g/mol. The maximum atomic E-state index is 12.5. The summed E-state index contributed by atoms with van der Waals surface area (Å²) in [5.74, 6) is 3.93. The van der Waals surface area contributed by atoms with E-state index in [2.05, 4.69) is 5.32 Å². The van der Waals surface area contributed by atoms with Crippen LogP contribution in [0, 0.1) is 23.2 Å². The molecule has 150 valence electrons. The molecule has 1 aliphatic heterocycles. The fourth-order valence-electron chi connectivity index (χ4n) is 6.47. The summed E-state index contributed by atoms with van der Waals surface area (Å²) >= 11 is 0. The van der Waals surface area contributed by atoms with E-state index < -0.39 is 0 Å². The molecule has 4 bridgehead atoms. The van der Waals surface area contributed by atoms with Crippen molar-refractivity contribution in [1.82, 2.24) is 5.32 Å². The van der Waals surface area contributed by atoms with Crippen LogP contribution in [0.3, 0.4) is 0 Å². The molecule has 0 spiro atoms. The Labute approximate surface area is 166 Å². The highest BCUT2D eigenvalue weighted by molar-refractivity contribution is 5.98. The molecule has 0 radical (unpaired) electrons. The van der Waals surface area contributed by atoms with Crippen molar-refractivity contribution in [1.29, 1.82) is 0 Å². The van der Waals surface area contributed by atoms with Gasteiger partial charge >= 0.3 is 0 Å². The van der Waals surface area contributed by atoms with E-state index in [9.17, 15) is 9.59 Å². The smallest absolute Gasteiger partial charge is 0.220 e. The molecule has 5 aliphatic rings. The van der Waals surface area contributed by atoms with Gasteiger partial charge in [0.1, 0.15) is 13.2 Å². The minimum Gasteiger partial charge on any atom is -0.486 e. The Hall–Kier alpha value is -2.04. The van der Waals surface area contributed by atoms with Crippen LogP contribution in [0.25, 0.3) is 0 Å². The Morgan fingerprint density at radius 2 is 1.57 bits per heavy atom. The van der Waals surface area contributed by atoms with Crippen molar-refractivity contribution in [3.63, 3.8) is 0 Å². The van der Waals surface area contributed by atoms with Crippen LogP contribution in [0.15, 0.2) is 18.2 Å². The highest BCUT2D eigenvalue weighted by Gasteiger charge is 2.50. The molecule has 0 saturated heterocycles. The van der Waals surface area contributed by atoms with E-state index in [0.717, 1.165) is 24.3 Å². The van der Waals surface area contributed by atoms with Crippen LogP contribution in [-0.4, -0.2) is 31.4 Å². The van der Waals surface area contributed by atoms with E-state index in [4.69, 9.17) is 9.47 Å². The molecule has 0 atom stereocenters. The lowest BCUT2D eigenvalue weighted by Gasteiger charge is -2.56. The Morgan fingerprint density at radius 1 is 0.929 bits per heavy atom. The van der Waals surface area contributed by atoms with Crippen molar-refractivity contribution in [3.8, 4) is 11.5 Å². The summed E-state index contributed by atoms with van der Waals surface area (Å²) in [6.45, 7) is 1.83. The second-order valence-corrected chi connectivity index (χ2v) is 9.48. The van der Waals surface area contributed by atoms with Gasteiger partial charge in [-0.05, 0) is 79.9 Å². The number of carbonyl (C=O) groups is 2. The largest absolute Gasteiger partial charge is 0.486 e. The number of ketones is 1. The minimum absolute atomic E-state index is 0.00152. The van der Waals surface area contributed by atoms with Crippen LogP contribution in [0.2, 0.25) is 0 Å². The summed E-state index contributed by atoms with van der Waals surface area (Å²) < 4.78 is 11.0. The number of ether oxygens (including phenoxy) is 2. The maximum Gasteiger partial charge on any atom is 0.220 e. The molecule has 4 aliphatic carbocycles. The number of carbonyl (C=O) groups excluding carboxylic acids is 2. The fraction of sp³-hybridized carbons (Fsp3) is 0.652. The van der Waals surface area contributed by atoms with Gasteiger partial charge in [0.15, 0.2) is 17.3 Å². The van der Waals surface area contributed by atoms with Gasteiger partial charge in [0.2, 0.25) is 5.91 Å². The van der Waals surface area contributed by atoms with Gasteiger partial charge in [0.05, 0.1) is 0 Å². The second kappa shape index (κ2) is 7.09. The number of amides is 1. The summed E-state index contributed by atoms with van der Waals surface area (Å²) in [7, 11) is 0. The van der Waals surface area contributed by atoms with Crippen LogP contribution < -0.4 is 14.8 Å². The third-order valence-corrected chi connectivity index (χ3v) is 7.27. The van der Waals surface area contributed by atoms with Crippen molar-refractivity contribution in [3.05, 3.63) is 23.8 Å². The molecule has 4 saturated carbocycles. The standard InChI is InChI=1S/C23H29NO4/c25-19(18-1-3-20-21(10-18)28-6-5-27-20)2-4-22(26)24-14-23-11-15-7-16(12-23)9-17(8-15)13-23/h1,3,10,15-17H,2,4-9,11-14H2,(H,24,26). The topological polar surface area (TPSA) is 64.6 Å². The summed E-state index contributed by atoms with van der Waals surface area (Å²) in [5.41, 5.74) is 0.919. The molecule has 1 heterocycles. The third-order valence-electron chi connectivity index (χ3n) is 7.27. The highest BCUT2D eigenvalue weighted by atomic mass is 16.6. The van der Waals surface area contributed by atoms with Crippen molar-refractivity contribution in [2.24, 2.45) is 23.2 Å². The van der Waals surface area contributed by atoms with Crippen molar-refractivity contribution in [2.45, 2.75) is 51.4 Å². The number of fused-ring (bicyclic) bond motifs is 1. The molecule has 0 unspecified atom stereocenters. The van der Waals surface area contributed by atoms with E-state index in [1.807, 2.05) is 0 Å². The van der Waals surface area contributed by atoms with Crippen molar-refractivity contribution in [2.75, 3.05) is 19.8 Å². The predicted molar refractivity (Wildman–Crippen MR) is 105 cm³/mol. The minimum atomic E-state index is -0.0260. The van der Waals surface area contributed by atoms with Gasteiger partial charge in [0, 0.05) is 24.9 Å². The first-order chi connectivity index (χ1) is 13.6. The summed E-state index contributed by atoms with van der Waals surface area (Å²) in [4.78, 5) is 24.9. The van der Waals surface area contributed by atoms with Crippen molar-refractivity contribution >= 4 is 11.7 Å². The Balaban J connectivity index is 1.12. The number of benzene rings is 1. The van der Waals surface area contributed by atoms with Crippen LogP contribution in [-0.2, 0) is 4.79 Å². The zero-order valence-electron chi connectivity index (χ0n) is 16.4. The molecule has 1 aromatic rings. The molecular weight excluding hydrogens is 354 g/mol. The van der Waals surface area contributed by atoms with Crippen molar-refractivity contribution < 1.29 is 19.1 Å². The molecule has 5 nitrogen and oxygen atoms in total. The normalized spacial score (nSPS) is 32.2. The van der Waals surface area contributed by atoms with Gasteiger partial charge in [-0.15, -0.1) is 0 Å². The molecule has 1 N–H and O–H groups in total. The molecule has 1 amide bonds. The predicted octanol–water partition coefficient (Wildman–Crippen LogP) is 3.75. The number of nitrogens with one attached hydrogen (secondary N) is 1. The quantitative estimate of drug-likeness (QED) is 0.760. The van der Waals surface area contributed by atoms with E-state index >= 15 is 0 Å². The van der Waals surface area contributed by atoms with Gasteiger partial charge in [-0.2, -0.15) is 0 Å². The lowest BCUT2D eigenvalue weighted by molar-refractivity contribution is -0.123. The average Bonchev–Trinajstić information content (AvgIpc) is 2.69. The first-order valence-electron chi connectivity index (χ1n) is 10.8. The Bertz CT molecular complexity index is 752. The zero-order valence-corrected chi connectivity index (χ0v) is 16.4. The zero-order chi connectivity index (χ0) is 19.1. The number of hydrogen-bond acceptors (Lipinski definition) is 4. The highest BCUT2D eigenvalue weighted by Crippen LogP contribution is 2.59. The first kappa shape index (κ1) is 18.0. The van der Waals surface area contributed by atoms with Gasteiger partial charge < -0.3 is 14.8 Å². The van der Waals surface area contributed by atoms with Gasteiger partial charge in [0.25, 0.3) is 0 Å². The lowest BCUT2D eigenvalue weighted by Crippen LogP contribution is -2.51. The molecule has 4 fully saturated rings. The molecule has 0 aromatic heterocycles.